The predicted molar refractivity (Wildman–Crippen MR) is 53.7 cm³/mol. The molecule has 4 N–H and O–H groups in total. The van der Waals surface area contributed by atoms with Crippen molar-refractivity contribution in [3.8, 4) is 0 Å². The minimum Gasteiger partial charge on any atom is -0.481 e. The van der Waals surface area contributed by atoms with E-state index in [1.54, 1.807) is 0 Å². The van der Waals surface area contributed by atoms with Crippen LogP contribution in [0.25, 0.3) is 0 Å². The SMILES string of the molecule is NC(CCC(=O)O)C(=O)OCCOCCO. The predicted octanol–water partition coefficient (Wildman–Crippen LogP) is -1.27. The maximum atomic E-state index is 11.1. The number of aliphatic hydroxyl groups is 1. The van der Waals surface area contributed by atoms with Crippen LogP contribution in [0.2, 0.25) is 0 Å². The molecule has 16 heavy (non-hydrogen) atoms. The van der Waals surface area contributed by atoms with Gasteiger partial charge in [-0.25, -0.2) is 0 Å². The van der Waals surface area contributed by atoms with Crippen LogP contribution in [-0.2, 0) is 19.1 Å². The second-order valence-electron chi connectivity index (χ2n) is 3.04. The van der Waals surface area contributed by atoms with Crippen LogP contribution in [0.5, 0.6) is 0 Å². The molecule has 1 atom stereocenters. The molecule has 7 heteroatoms. The number of aliphatic hydroxyl groups excluding tert-OH is 1. The Morgan fingerprint density at radius 3 is 2.50 bits per heavy atom. The van der Waals surface area contributed by atoms with Crippen LogP contribution in [0, 0.1) is 0 Å². The van der Waals surface area contributed by atoms with Crippen molar-refractivity contribution < 1.29 is 29.3 Å². The summed E-state index contributed by atoms with van der Waals surface area (Å²) in [4.78, 5) is 21.4. The highest BCUT2D eigenvalue weighted by atomic mass is 16.6. The molecule has 1 unspecified atom stereocenters. The Hall–Kier alpha value is -1.18. The average molecular weight is 235 g/mol. The Morgan fingerprint density at radius 1 is 1.25 bits per heavy atom. The molecule has 0 aliphatic heterocycles. The van der Waals surface area contributed by atoms with E-state index in [2.05, 4.69) is 0 Å². The van der Waals surface area contributed by atoms with Crippen LogP contribution in [0.3, 0.4) is 0 Å². The summed E-state index contributed by atoms with van der Waals surface area (Å²) in [6.07, 6.45) is -0.122. The molecule has 0 rings (SSSR count). The summed E-state index contributed by atoms with van der Waals surface area (Å²) in [6, 6.07) is -0.922. The summed E-state index contributed by atoms with van der Waals surface area (Å²) in [5, 5.41) is 16.7. The highest BCUT2D eigenvalue weighted by molar-refractivity contribution is 5.76. The van der Waals surface area contributed by atoms with Crippen molar-refractivity contribution in [2.45, 2.75) is 18.9 Å². The third kappa shape index (κ3) is 8.16. The van der Waals surface area contributed by atoms with E-state index in [-0.39, 0.29) is 39.3 Å². The normalized spacial score (nSPS) is 12.1. The number of aliphatic carboxylic acids is 1. The highest BCUT2D eigenvalue weighted by Crippen LogP contribution is 1.97. The Kier molecular flexibility index (Phi) is 8.41. The second-order valence-corrected chi connectivity index (χ2v) is 3.04. The summed E-state index contributed by atoms with van der Waals surface area (Å²) in [6.45, 7) is 0.312. The molecule has 0 aliphatic rings. The van der Waals surface area contributed by atoms with Gasteiger partial charge in [0.05, 0.1) is 19.8 Å². The molecular weight excluding hydrogens is 218 g/mol. The molecule has 0 aromatic heterocycles. The summed E-state index contributed by atoms with van der Waals surface area (Å²) < 4.78 is 9.57. The smallest absolute Gasteiger partial charge is 0.323 e. The molecule has 0 aliphatic carbocycles. The van der Waals surface area contributed by atoms with Crippen LogP contribution in [0.15, 0.2) is 0 Å². The molecule has 0 saturated carbocycles. The van der Waals surface area contributed by atoms with Crippen molar-refractivity contribution in [3.05, 3.63) is 0 Å². The lowest BCUT2D eigenvalue weighted by Crippen LogP contribution is -2.33. The van der Waals surface area contributed by atoms with Gasteiger partial charge >= 0.3 is 11.9 Å². The molecule has 94 valence electrons. The van der Waals surface area contributed by atoms with Crippen molar-refractivity contribution in [1.82, 2.24) is 0 Å². The number of hydrogen-bond acceptors (Lipinski definition) is 6. The first-order valence-electron chi connectivity index (χ1n) is 4.90. The van der Waals surface area contributed by atoms with E-state index in [0.717, 1.165) is 0 Å². The molecule has 0 saturated heterocycles. The number of nitrogens with two attached hydrogens (primary N) is 1. The number of carboxylic acids is 1. The lowest BCUT2D eigenvalue weighted by molar-refractivity contribution is -0.147. The van der Waals surface area contributed by atoms with Crippen molar-refractivity contribution >= 4 is 11.9 Å². The maximum Gasteiger partial charge on any atom is 0.323 e. The molecule has 0 radical (unpaired) electrons. The maximum absolute atomic E-state index is 11.1. The van der Waals surface area contributed by atoms with Crippen LogP contribution in [0.1, 0.15) is 12.8 Å². The molecule has 0 heterocycles. The highest BCUT2D eigenvalue weighted by Gasteiger charge is 2.15. The molecular formula is C9H17NO6. The van der Waals surface area contributed by atoms with E-state index in [4.69, 9.17) is 25.4 Å². The monoisotopic (exact) mass is 235 g/mol. The molecule has 0 spiro atoms. The minimum atomic E-state index is -1.01. The number of ether oxygens (including phenoxy) is 2. The fourth-order valence-corrected chi connectivity index (χ4v) is 0.872. The average Bonchev–Trinajstić information content (AvgIpc) is 2.25. The quantitative estimate of drug-likeness (QED) is 0.336. The number of esters is 1. The lowest BCUT2D eigenvalue weighted by Gasteiger charge is -2.10. The number of carboxylic acid groups (broad SMARTS) is 1. The van der Waals surface area contributed by atoms with Gasteiger partial charge in [-0.1, -0.05) is 0 Å². The van der Waals surface area contributed by atoms with E-state index < -0.39 is 18.0 Å². The Bertz CT molecular complexity index is 220. The lowest BCUT2D eigenvalue weighted by atomic mass is 10.2. The summed E-state index contributed by atoms with van der Waals surface area (Å²) in [7, 11) is 0. The summed E-state index contributed by atoms with van der Waals surface area (Å²) in [5.74, 6) is -1.65. The van der Waals surface area contributed by atoms with Gasteiger partial charge in [0.25, 0.3) is 0 Å². The van der Waals surface area contributed by atoms with Crippen molar-refractivity contribution in [1.29, 1.82) is 0 Å². The zero-order valence-electron chi connectivity index (χ0n) is 8.92. The van der Waals surface area contributed by atoms with E-state index in [1.165, 1.54) is 0 Å². The van der Waals surface area contributed by atoms with Crippen molar-refractivity contribution in [3.63, 3.8) is 0 Å². The summed E-state index contributed by atoms with van der Waals surface area (Å²) in [5.41, 5.74) is 5.39. The molecule has 0 aromatic carbocycles. The van der Waals surface area contributed by atoms with Crippen LogP contribution in [0.4, 0.5) is 0 Å². The van der Waals surface area contributed by atoms with E-state index >= 15 is 0 Å². The molecule has 0 bridgehead atoms. The van der Waals surface area contributed by atoms with Gasteiger partial charge in [-0.2, -0.15) is 0 Å². The zero-order chi connectivity index (χ0) is 12.4. The first kappa shape index (κ1) is 14.8. The number of carbonyl (C=O) groups is 2. The van der Waals surface area contributed by atoms with Gasteiger partial charge in [0, 0.05) is 6.42 Å². The van der Waals surface area contributed by atoms with Crippen LogP contribution in [-0.4, -0.2) is 54.6 Å². The number of rotatable bonds is 9. The van der Waals surface area contributed by atoms with Gasteiger partial charge < -0.3 is 25.4 Å². The topological polar surface area (TPSA) is 119 Å². The largest absolute Gasteiger partial charge is 0.481 e. The molecule has 0 aromatic rings. The van der Waals surface area contributed by atoms with Crippen LogP contribution < -0.4 is 5.73 Å². The number of carbonyl (C=O) groups excluding carboxylic acids is 1. The molecule has 0 amide bonds. The molecule has 0 fully saturated rings. The Balaban J connectivity index is 3.51. The van der Waals surface area contributed by atoms with Gasteiger partial charge in [-0.15, -0.1) is 0 Å². The van der Waals surface area contributed by atoms with E-state index in [9.17, 15) is 9.59 Å². The minimum absolute atomic E-state index is 0.0413. The number of hydrogen-bond donors (Lipinski definition) is 3. The summed E-state index contributed by atoms with van der Waals surface area (Å²) >= 11 is 0. The molecule has 7 nitrogen and oxygen atoms in total. The van der Waals surface area contributed by atoms with Gasteiger partial charge in [-0.3, -0.25) is 9.59 Å². The second kappa shape index (κ2) is 9.08. The first-order chi connectivity index (χ1) is 7.57. The van der Waals surface area contributed by atoms with Crippen molar-refractivity contribution in [2.24, 2.45) is 5.73 Å². The van der Waals surface area contributed by atoms with E-state index in [1.807, 2.05) is 0 Å². The fourth-order valence-electron chi connectivity index (χ4n) is 0.872. The van der Waals surface area contributed by atoms with Gasteiger partial charge in [0.15, 0.2) is 0 Å². The third-order valence-electron chi connectivity index (χ3n) is 1.68. The Labute approximate surface area is 93.1 Å². The Morgan fingerprint density at radius 2 is 1.94 bits per heavy atom. The van der Waals surface area contributed by atoms with E-state index in [0.29, 0.717) is 0 Å². The van der Waals surface area contributed by atoms with Crippen LogP contribution >= 0.6 is 0 Å². The van der Waals surface area contributed by atoms with Gasteiger partial charge in [0.1, 0.15) is 12.6 Å². The standard InChI is InChI=1S/C9H17NO6/c10-7(1-2-8(12)13)9(14)16-6-5-15-4-3-11/h7,11H,1-6,10H2,(H,12,13). The zero-order valence-corrected chi connectivity index (χ0v) is 8.92. The van der Waals surface area contributed by atoms with Crippen molar-refractivity contribution in [2.75, 3.05) is 26.4 Å². The first-order valence-corrected chi connectivity index (χ1v) is 4.90. The third-order valence-corrected chi connectivity index (χ3v) is 1.68. The van der Waals surface area contributed by atoms with Gasteiger partial charge in [-0.05, 0) is 6.42 Å². The fraction of sp³-hybridized carbons (Fsp3) is 0.778. The van der Waals surface area contributed by atoms with Gasteiger partial charge in [0.2, 0.25) is 0 Å².